The van der Waals surface area contributed by atoms with E-state index in [4.69, 9.17) is 4.74 Å². The van der Waals surface area contributed by atoms with Gasteiger partial charge < -0.3 is 10.1 Å². The fourth-order valence-electron chi connectivity index (χ4n) is 2.11. The first-order valence-corrected chi connectivity index (χ1v) is 6.50. The van der Waals surface area contributed by atoms with E-state index in [2.05, 4.69) is 0 Å². The van der Waals surface area contributed by atoms with E-state index in [-0.39, 0.29) is 6.42 Å². The third-order valence-electron chi connectivity index (χ3n) is 3.14. The number of alkyl halides is 3. The summed E-state index contributed by atoms with van der Waals surface area (Å²) in [5, 5.41) is 1.86. The number of ether oxygens (including phenoxy) is 1. The summed E-state index contributed by atoms with van der Waals surface area (Å²) in [5.41, 5.74) is -1.71. The first-order valence-electron chi connectivity index (χ1n) is 6.50. The Morgan fingerprint density at radius 2 is 1.75 bits per heavy atom. The van der Waals surface area contributed by atoms with Gasteiger partial charge in [-0.2, -0.15) is 13.2 Å². The Hall–Kier alpha value is -1.27. The molecule has 1 aliphatic carbocycles. The van der Waals surface area contributed by atoms with Gasteiger partial charge in [0.1, 0.15) is 12.1 Å². The average molecular weight is 295 g/mol. The highest BCUT2D eigenvalue weighted by molar-refractivity contribution is 5.88. The van der Waals surface area contributed by atoms with Crippen molar-refractivity contribution in [1.29, 1.82) is 0 Å². The summed E-state index contributed by atoms with van der Waals surface area (Å²) in [5.74, 6) is -1.27. The minimum atomic E-state index is -4.45. The van der Waals surface area contributed by atoms with Crippen LogP contribution in [-0.2, 0) is 14.3 Å². The van der Waals surface area contributed by atoms with Crippen LogP contribution >= 0.6 is 0 Å². The highest BCUT2D eigenvalue weighted by Gasteiger charge is 2.47. The summed E-state index contributed by atoms with van der Waals surface area (Å²) in [4.78, 5) is 23.6. The zero-order valence-corrected chi connectivity index (χ0v) is 11.9. The minimum Gasteiger partial charge on any atom is -0.460 e. The summed E-state index contributed by atoms with van der Waals surface area (Å²) in [6.45, 7) is 3.72. The lowest BCUT2D eigenvalue weighted by molar-refractivity contribution is -0.164. The molecule has 1 N–H and O–H groups in total. The number of amides is 1. The number of halogens is 3. The van der Waals surface area contributed by atoms with Gasteiger partial charge in [-0.3, -0.25) is 9.59 Å². The largest absolute Gasteiger partial charge is 0.460 e. The lowest BCUT2D eigenvalue weighted by Crippen LogP contribution is -2.49. The summed E-state index contributed by atoms with van der Waals surface area (Å²) in [6, 6.07) is 0. The normalized spacial score (nSPS) is 18.1. The number of carbonyl (C=O) groups excluding carboxylic acids is 2. The van der Waals surface area contributed by atoms with Crippen LogP contribution in [0, 0.1) is 5.41 Å². The van der Waals surface area contributed by atoms with Gasteiger partial charge in [-0.05, 0) is 33.6 Å². The van der Waals surface area contributed by atoms with Crippen molar-refractivity contribution in [2.45, 2.75) is 58.2 Å². The molecule has 0 aromatic heterocycles. The molecule has 0 aliphatic heterocycles. The molecule has 1 rings (SSSR count). The fourth-order valence-corrected chi connectivity index (χ4v) is 2.11. The fraction of sp³-hybridized carbons (Fsp3) is 0.846. The van der Waals surface area contributed by atoms with Crippen molar-refractivity contribution in [3.05, 3.63) is 0 Å². The highest BCUT2D eigenvalue weighted by atomic mass is 19.4. The van der Waals surface area contributed by atoms with Gasteiger partial charge in [0.2, 0.25) is 5.91 Å². The summed E-state index contributed by atoms with van der Waals surface area (Å²) >= 11 is 0. The van der Waals surface area contributed by atoms with Gasteiger partial charge in [-0.15, -0.1) is 0 Å². The van der Waals surface area contributed by atoms with E-state index in [0.29, 0.717) is 12.8 Å². The lowest BCUT2D eigenvalue weighted by atomic mass is 9.66. The molecule has 0 heterocycles. The molecule has 1 aliphatic rings. The van der Waals surface area contributed by atoms with Gasteiger partial charge in [-0.1, -0.05) is 6.42 Å². The van der Waals surface area contributed by atoms with Crippen molar-refractivity contribution >= 4 is 11.9 Å². The van der Waals surface area contributed by atoms with Gasteiger partial charge in [0, 0.05) is 0 Å². The molecule has 1 fully saturated rings. The van der Waals surface area contributed by atoms with Crippen LogP contribution in [0.3, 0.4) is 0 Å². The van der Waals surface area contributed by atoms with Crippen molar-refractivity contribution in [3.8, 4) is 0 Å². The Bertz CT molecular complexity index is 381. The molecular weight excluding hydrogens is 275 g/mol. The summed E-state index contributed by atoms with van der Waals surface area (Å²) < 4.78 is 41.4. The topological polar surface area (TPSA) is 55.4 Å². The van der Waals surface area contributed by atoms with Crippen molar-refractivity contribution in [2.75, 3.05) is 6.54 Å². The molecule has 0 saturated heterocycles. The maximum absolute atomic E-state index is 12.1. The van der Waals surface area contributed by atoms with Crippen LogP contribution < -0.4 is 5.32 Å². The maximum Gasteiger partial charge on any atom is 0.405 e. The zero-order valence-electron chi connectivity index (χ0n) is 11.9. The molecule has 0 aromatic rings. The Balaban J connectivity index is 2.59. The Labute approximate surface area is 116 Å². The molecule has 20 heavy (non-hydrogen) atoms. The molecule has 0 unspecified atom stereocenters. The highest BCUT2D eigenvalue weighted by Crippen LogP contribution is 2.44. The Kier molecular flexibility index (Phi) is 4.71. The smallest absolute Gasteiger partial charge is 0.405 e. The lowest BCUT2D eigenvalue weighted by Gasteiger charge is -2.40. The van der Waals surface area contributed by atoms with E-state index in [1.54, 1.807) is 20.8 Å². The van der Waals surface area contributed by atoms with Crippen LogP contribution in [0.4, 0.5) is 13.2 Å². The number of hydrogen-bond donors (Lipinski definition) is 1. The van der Waals surface area contributed by atoms with E-state index in [1.807, 2.05) is 5.32 Å². The molecule has 0 radical (unpaired) electrons. The minimum absolute atomic E-state index is 0.173. The third kappa shape index (κ3) is 5.02. The molecule has 116 valence electrons. The predicted octanol–water partition coefficient (Wildman–Crippen LogP) is 2.57. The third-order valence-corrected chi connectivity index (χ3v) is 3.14. The van der Waals surface area contributed by atoms with Crippen molar-refractivity contribution < 1.29 is 27.5 Å². The molecule has 0 bridgehead atoms. The van der Waals surface area contributed by atoms with Gasteiger partial charge >= 0.3 is 12.1 Å². The molecule has 4 nitrogen and oxygen atoms in total. The predicted molar refractivity (Wildman–Crippen MR) is 65.8 cm³/mol. The summed E-state index contributed by atoms with van der Waals surface area (Å²) in [6.07, 6.45) is -3.07. The average Bonchev–Trinajstić information content (AvgIpc) is 2.16. The van der Waals surface area contributed by atoms with Gasteiger partial charge in [0.15, 0.2) is 0 Å². The molecule has 1 saturated carbocycles. The zero-order chi connectivity index (χ0) is 15.6. The Morgan fingerprint density at radius 1 is 1.20 bits per heavy atom. The molecule has 0 spiro atoms. The number of nitrogens with one attached hydrogen (secondary N) is 1. The van der Waals surface area contributed by atoms with Crippen LogP contribution in [0.2, 0.25) is 0 Å². The van der Waals surface area contributed by atoms with E-state index in [9.17, 15) is 22.8 Å². The summed E-state index contributed by atoms with van der Waals surface area (Å²) in [7, 11) is 0. The monoisotopic (exact) mass is 295 g/mol. The number of hydrogen-bond acceptors (Lipinski definition) is 3. The quantitative estimate of drug-likeness (QED) is 0.811. The number of carbonyl (C=O) groups is 2. The standard InChI is InChI=1S/C13H20F3NO3/c1-11(2,3)20-9(18)7-12(5-4-6-12)10(19)17-8-13(14,15)16/h4-8H2,1-3H3,(H,17,19). The van der Waals surface area contributed by atoms with E-state index in [1.165, 1.54) is 0 Å². The van der Waals surface area contributed by atoms with Crippen molar-refractivity contribution in [3.63, 3.8) is 0 Å². The van der Waals surface area contributed by atoms with Crippen molar-refractivity contribution in [1.82, 2.24) is 5.32 Å². The van der Waals surface area contributed by atoms with E-state index >= 15 is 0 Å². The van der Waals surface area contributed by atoms with Crippen LogP contribution in [0.5, 0.6) is 0 Å². The van der Waals surface area contributed by atoms with E-state index in [0.717, 1.165) is 6.42 Å². The van der Waals surface area contributed by atoms with Crippen LogP contribution in [0.1, 0.15) is 46.5 Å². The number of esters is 1. The maximum atomic E-state index is 12.1. The second kappa shape index (κ2) is 5.61. The second-order valence-electron chi connectivity index (χ2n) is 6.19. The molecule has 0 aromatic carbocycles. The molecule has 1 amide bonds. The first kappa shape index (κ1) is 16.8. The van der Waals surface area contributed by atoms with Crippen LogP contribution in [0.15, 0.2) is 0 Å². The molecule has 7 heteroatoms. The molecular formula is C13H20F3NO3. The van der Waals surface area contributed by atoms with E-state index < -0.39 is 35.6 Å². The van der Waals surface area contributed by atoms with Crippen molar-refractivity contribution in [2.24, 2.45) is 5.41 Å². The first-order chi connectivity index (χ1) is 8.94. The van der Waals surface area contributed by atoms with Gasteiger partial charge in [0.25, 0.3) is 0 Å². The van der Waals surface area contributed by atoms with Crippen LogP contribution in [-0.4, -0.2) is 30.2 Å². The second-order valence-corrected chi connectivity index (χ2v) is 6.19. The SMILES string of the molecule is CC(C)(C)OC(=O)CC1(C(=O)NCC(F)(F)F)CCC1. The number of rotatable bonds is 4. The van der Waals surface area contributed by atoms with Gasteiger partial charge in [0.05, 0.1) is 11.8 Å². The van der Waals surface area contributed by atoms with Gasteiger partial charge in [-0.25, -0.2) is 0 Å². The van der Waals surface area contributed by atoms with Crippen LogP contribution in [0.25, 0.3) is 0 Å². The molecule has 0 atom stereocenters. The Morgan fingerprint density at radius 3 is 2.10 bits per heavy atom.